The minimum absolute atomic E-state index is 0.220. The monoisotopic (exact) mass is 362 g/mol. The highest BCUT2D eigenvalue weighted by Gasteiger charge is 2.01. The van der Waals surface area contributed by atoms with E-state index in [1.165, 1.54) is 9.79 Å². The van der Waals surface area contributed by atoms with Crippen molar-refractivity contribution in [1.29, 1.82) is 0 Å². The van der Waals surface area contributed by atoms with Crippen LogP contribution in [0.5, 0.6) is 11.5 Å². The van der Waals surface area contributed by atoms with Gasteiger partial charge < -0.3 is 9.47 Å². The molecule has 2 aromatic carbocycles. The first kappa shape index (κ1) is 19.1. The van der Waals surface area contributed by atoms with Gasteiger partial charge in [0.25, 0.3) is 0 Å². The van der Waals surface area contributed by atoms with E-state index in [2.05, 4.69) is 24.3 Å². The quantitative estimate of drug-likeness (QED) is 0.393. The van der Waals surface area contributed by atoms with Gasteiger partial charge in [0.1, 0.15) is 11.5 Å². The molecule has 0 heterocycles. The lowest BCUT2D eigenvalue weighted by molar-refractivity contribution is 0.242. The lowest BCUT2D eigenvalue weighted by atomic mass is 10.3. The SMILES string of the molecule is CC(C)Oc1ccc(SCCSc2ccc(OC(C)C)cc2)cc1. The fraction of sp³-hybridized carbons (Fsp3) is 0.400. The molecule has 0 fully saturated rings. The van der Waals surface area contributed by atoms with E-state index in [1.807, 2.05) is 75.5 Å². The molecule has 24 heavy (non-hydrogen) atoms. The van der Waals surface area contributed by atoms with Crippen molar-refractivity contribution in [2.24, 2.45) is 0 Å². The Hall–Kier alpha value is -1.26. The highest BCUT2D eigenvalue weighted by molar-refractivity contribution is 8.03. The molecule has 0 saturated carbocycles. The van der Waals surface area contributed by atoms with Gasteiger partial charge in [-0.25, -0.2) is 0 Å². The van der Waals surface area contributed by atoms with Crippen LogP contribution in [0.2, 0.25) is 0 Å². The van der Waals surface area contributed by atoms with Crippen molar-refractivity contribution < 1.29 is 9.47 Å². The van der Waals surface area contributed by atoms with Crippen molar-refractivity contribution in [2.75, 3.05) is 11.5 Å². The average Bonchev–Trinajstić information content (AvgIpc) is 2.53. The zero-order valence-electron chi connectivity index (χ0n) is 14.8. The van der Waals surface area contributed by atoms with E-state index in [1.54, 1.807) is 0 Å². The zero-order valence-corrected chi connectivity index (χ0v) is 16.5. The van der Waals surface area contributed by atoms with Crippen LogP contribution >= 0.6 is 23.5 Å². The van der Waals surface area contributed by atoms with E-state index in [0.717, 1.165) is 23.0 Å². The second-order valence-corrected chi connectivity index (χ2v) is 8.31. The standard InChI is InChI=1S/C20H26O2S2/c1-15(2)21-17-5-9-19(10-6-17)23-13-14-24-20-11-7-18(8-12-20)22-16(3)4/h5-12,15-16H,13-14H2,1-4H3. The number of hydrogen-bond donors (Lipinski definition) is 0. The topological polar surface area (TPSA) is 18.5 Å². The molecule has 0 atom stereocenters. The van der Waals surface area contributed by atoms with E-state index >= 15 is 0 Å². The van der Waals surface area contributed by atoms with Crippen LogP contribution in [0.3, 0.4) is 0 Å². The van der Waals surface area contributed by atoms with E-state index in [0.29, 0.717) is 0 Å². The Morgan fingerprint density at radius 2 is 0.958 bits per heavy atom. The number of thioether (sulfide) groups is 2. The van der Waals surface area contributed by atoms with Crippen molar-refractivity contribution >= 4 is 23.5 Å². The van der Waals surface area contributed by atoms with Crippen LogP contribution in [0.4, 0.5) is 0 Å². The van der Waals surface area contributed by atoms with Gasteiger partial charge in [0, 0.05) is 21.3 Å². The summed E-state index contributed by atoms with van der Waals surface area (Å²) in [5.41, 5.74) is 0. The van der Waals surface area contributed by atoms with E-state index in [9.17, 15) is 0 Å². The molecule has 0 amide bonds. The van der Waals surface area contributed by atoms with Gasteiger partial charge in [-0.2, -0.15) is 0 Å². The van der Waals surface area contributed by atoms with Crippen LogP contribution < -0.4 is 9.47 Å². The van der Waals surface area contributed by atoms with Crippen molar-refractivity contribution in [3.8, 4) is 11.5 Å². The molecule has 0 unspecified atom stereocenters. The van der Waals surface area contributed by atoms with Crippen LogP contribution in [-0.2, 0) is 0 Å². The molecular formula is C20H26O2S2. The molecule has 0 spiro atoms. The van der Waals surface area contributed by atoms with E-state index in [4.69, 9.17) is 9.47 Å². The van der Waals surface area contributed by atoms with Crippen LogP contribution in [0, 0.1) is 0 Å². The third kappa shape index (κ3) is 7.10. The Morgan fingerprint density at radius 3 is 1.25 bits per heavy atom. The lowest BCUT2D eigenvalue weighted by Gasteiger charge is -2.10. The molecule has 0 saturated heterocycles. The summed E-state index contributed by atoms with van der Waals surface area (Å²) in [6.45, 7) is 8.17. The molecule has 2 nitrogen and oxygen atoms in total. The predicted octanol–water partition coefficient (Wildman–Crippen LogP) is 6.15. The van der Waals surface area contributed by atoms with Gasteiger partial charge in [-0.1, -0.05) is 0 Å². The summed E-state index contributed by atoms with van der Waals surface area (Å²) in [5, 5.41) is 0. The number of rotatable bonds is 9. The van der Waals surface area contributed by atoms with E-state index in [-0.39, 0.29) is 12.2 Å². The van der Waals surface area contributed by atoms with Gasteiger partial charge in [0.15, 0.2) is 0 Å². The average molecular weight is 363 g/mol. The molecule has 2 rings (SSSR count). The largest absolute Gasteiger partial charge is 0.491 e. The van der Waals surface area contributed by atoms with E-state index < -0.39 is 0 Å². The fourth-order valence-corrected chi connectivity index (χ4v) is 3.89. The molecule has 0 aliphatic carbocycles. The third-order valence-electron chi connectivity index (χ3n) is 3.01. The highest BCUT2D eigenvalue weighted by Crippen LogP contribution is 2.26. The minimum Gasteiger partial charge on any atom is -0.491 e. The van der Waals surface area contributed by atoms with Gasteiger partial charge in [0.2, 0.25) is 0 Å². The first-order valence-corrected chi connectivity index (χ1v) is 10.3. The van der Waals surface area contributed by atoms with Crippen molar-refractivity contribution in [3.05, 3.63) is 48.5 Å². The second kappa shape index (κ2) is 9.90. The van der Waals surface area contributed by atoms with Crippen molar-refractivity contribution in [1.82, 2.24) is 0 Å². The summed E-state index contributed by atoms with van der Waals surface area (Å²) in [7, 11) is 0. The Kier molecular flexibility index (Phi) is 7.86. The van der Waals surface area contributed by atoms with Gasteiger partial charge in [0.05, 0.1) is 12.2 Å². The molecular weight excluding hydrogens is 336 g/mol. The smallest absolute Gasteiger partial charge is 0.119 e. The predicted molar refractivity (Wildman–Crippen MR) is 106 cm³/mol. The number of hydrogen-bond acceptors (Lipinski definition) is 4. The van der Waals surface area contributed by atoms with Gasteiger partial charge in [-0.3, -0.25) is 0 Å². The summed E-state index contributed by atoms with van der Waals surface area (Å²) in [6.07, 6.45) is 0.439. The maximum atomic E-state index is 5.66. The summed E-state index contributed by atoms with van der Waals surface area (Å²) in [4.78, 5) is 2.57. The molecule has 0 aromatic heterocycles. The molecule has 0 radical (unpaired) electrons. The Bertz CT molecular complexity index is 537. The first-order valence-electron chi connectivity index (χ1n) is 8.32. The van der Waals surface area contributed by atoms with Gasteiger partial charge in [-0.05, 0) is 76.2 Å². The second-order valence-electron chi connectivity index (χ2n) is 5.97. The summed E-state index contributed by atoms with van der Waals surface area (Å²) >= 11 is 3.76. The van der Waals surface area contributed by atoms with Crippen LogP contribution in [0.25, 0.3) is 0 Å². The van der Waals surface area contributed by atoms with Crippen LogP contribution in [0.1, 0.15) is 27.7 Å². The molecule has 0 aliphatic rings. The molecule has 0 N–H and O–H groups in total. The normalized spacial score (nSPS) is 11.1. The summed E-state index contributed by atoms with van der Waals surface area (Å²) < 4.78 is 11.3. The molecule has 130 valence electrons. The fourth-order valence-electron chi connectivity index (χ4n) is 2.09. The Morgan fingerprint density at radius 1 is 0.625 bits per heavy atom. The highest BCUT2D eigenvalue weighted by atomic mass is 32.2. The van der Waals surface area contributed by atoms with Gasteiger partial charge in [-0.15, -0.1) is 23.5 Å². The van der Waals surface area contributed by atoms with Crippen molar-refractivity contribution in [2.45, 2.75) is 49.7 Å². The Labute approximate surface area is 154 Å². The number of ether oxygens (including phenoxy) is 2. The van der Waals surface area contributed by atoms with Crippen LogP contribution in [-0.4, -0.2) is 23.7 Å². The van der Waals surface area contributed by atoms with Gasteiger partial charge >= 0.3 is 0 Å². The van der Waals surface area contributed by atoms with Crippen molar-refractivity contribution in [3.63, 3.8) is 0 Å². The Balaban J connectivity index is 1.70. The first-order chi connectivity index (χ1) is 11.5. The maximum Gasteiger partial charge on any atom is 0.119 e. The molecule has 2 aromatic rings. The molecule has 0 aliphatic heterocycles. The number of benzene rings is 2. The lowest BCUT2D eigenvalue weighted by Crippen LogP contribution is -2.05. The zero-order chi connectivity index (χ0) is 17.4. The maximum absolute atomic E-state index is 5.66. The third-order valence-corrected chi connectivity index (χ3v) is 5.30. The van der Waals surface area contributed by atoms with Crippen LogP contribution in [0.15, 0.2) is 58.3 Å². The molecule has 4 heteroatoms. The molecule has 0 bridgehead atoms. The summed E-state index contributed by atoms with van der Waals surface area (Å²) in [5.74, 6) is 4.04. The minimum atomic E-state index is 0.220. The summed E-state index contributed by atoms with van der Waals surface area (Å²) in [6, 6.07) is 16.7.